The average molecular weight is 368 g/mol. The highest BCUT2D eigenvalue weighted by molar-refractivity contribution is 9.10. The third-order valence-electron chi connectivity index (χ3n) is 2.45. The smallest absolute Gasteiger partial charge is 0.258 e. The minimum absolute atomic E-state index is 0.0244. The van der Waals surface area contributed by atoms with Crippen LogP contribution >= 0.6 is 39.0 Å². The van der Waals surface area contributed by atoms with Crippen LogP contribution in [0.25, 0.3) is 10.2 Å². The summed E-state index contributed by atoms with van der Waals surface area (Å²) in [5.41, 5.74) is 0.864. The van der Waals surface area contributed by atoms with Crippen molar-refractivity contribution in [3.63, 3.8) is 0 Å². The Balaban J connectivity index is 2.00. The molecule has 1 aromatic carbocycles. The normalized spacial score (nSPS) is 10.8. The Morgan fingerprint density at radius 3 is 2.90 bits per heavy atom. The van der Waals surface area contributed by atoms with Crippen LogP contribution in [-0.4, -0.2) is 14.9 Å². The van der Waals surface area contributed by atoms with Gasteiger partial charge in [-0.05, 0) is 39.8 Å². The number of rotatable bonds is 3. The molecule has 2 heterocycles. The molecule has 0 unspecified atom stereocenters. The van der Waals surface area contributed by atoms with Crippen LogP contribution < -0.4 is 0 Å². The number of halogens is 1. The molecule has 0 radical (unpaired) electrons. The highest BCUT2D eigenvalue weighted by Crippen LogP contribution is 2.37. The summed E-state index contributed by atoms with van der Waals surface area (Å²) in [6, 6.07) is 9.19. The van der Waals surface area contributed by atoms with Crippen molar-refractivity contribution in [3.05, 3.63) is 51.1 Å². The van der Waals surface area contributed by atoms with Gasteiger partial charge < -0.3 is 0 Å². The van der Waals surface area contributed by atoms with Crippen LogP contribution in [0.3, 0.4) is 0 Å². The minimum atomic E-state index is -0.437. The van der Waals surface area contributed by atoms with E-state index in [0.29, 0.717) is 9.50 Å². The van der Waals surface area contributed by atoms with E-state index in [1.54, 1.807) is 6.20 Å². The summed E-state index contributed by atoms with van der Waals surface area (Å²) in [7, 11) is 0. The third-order valence-corrected chi connectivity index (χ3v) is 4.99. The number of pyridine rings is 1. The zero-order valence-corrected chi connectivity index (χ0v) is 13.0. The summed E-state index contributed by atoms with van der Waals surface area (Å²) in [5, 5.41) is 11.4. The summed E-state index contributed by atoms with van der Waals surface area (Å²) in [6.07, 6.45) is 1.54. The molecule has 0 aliphatic carbocycles. The zero-order chi connectivity index (χ0) is 14.1. The van der Waals surface area contributed by atoms with Crippen LogP contribution in [0.5, 0.6) is 0 Å². The number of thiazole rings is 1. The summed E-state index contributed by atoms with van der Waals surface area (Å²) >= 11 is 5.89. The molecule has 0 aliphatic rings. The second-order valence-electron chi connectivity index (χ2n) is 3.78. The zero-order valence-electron chi connectivity index (χ0n) is 9.82. The van der Waals surface area contributed by atoms with E-state index in [1.807, 2.05) is 24.3 Å². The van der Waals surface area contributed by atoms with Gasteiger partial charge in [0, 0.05) is 16.7 Å². The van der Waals surface area contributed by atoms with Gasteiger partial charge in [0.05, 0.1) is 15.1 Å². The predicted molar refractivity (Wildman–Crippen MR) is 82.3 cm³/mol. The fourth-order valence-corrected chi connectivity index (χ4v) is 3.94. The van der Waals surface area contributed by atoms with E-state index in [2.05, 4.69) is 25.9 Å². The molecule has 0 spiro atoms. The molecule has 0 fully saturated rings. The highest BCUT2D eigenvalue weighted by Gasteiger charge is 2.18. The van der Waals surface area contributed by atoms with Gasteiger partial charge in [-0.25, -0.2) is 9.97 Å². The van der Waals surface area contributed by atoms with E-state index in [-0.39, 0.29) is 5.69 Å². The largest absolute Gasteiger partial charge is 0.302 e. The molecular formula is C12H6BrN3O2S2. The van der Waals surface area contributed by atoms with E-state index in [4.69, 9.17) is 0 Å². The number of para-hydroxylation sites is 1. The van der Waals surface area contributed by atoms with Gasteiger partial charge in [0.25, 0.3) is 0 Å². The fourth-order valence-electron chi connectivity index (χ4n) is 1.60. The lowest BCUT2D eigenvalue weighted by molar-refractivity contribution is -0.388. The molecule has 0 amide bonds. The molecule has 0 saturated heterocycles. The second-order valence-corrected chi connectivity index (χ2v) is 6.97. The summed E-state index contributed by atoms with van der Waals surface area (Å²) in [6.45, 7) is 0. The van der Waals surface area contributed by atoms with Crippen molar-refractivity contribution in [1.82, 2.24) is 9.97 Å². The monoisotopic (exact) mass is 367 g/mol. The molecule has 2 aromatic heterocycles. The fraction of sp³-hybridized carbons (Fsp3) is 0. The van der Waals surface area contributed by atoms with E-state index < -0.39 is 4.92 Å². The van der Waals surface area contributed by atoms with Gasteiger partial charge in [-0.3, -0.25) is 10.1 Å². The van der Waals surface area contributed by atoms with Gasteiger partial charge >= 0.3 is 5.69 Å². The van der Waals surface area contributed by atoms with Crippen LogP contribution in [0.2, 0.25) is 0 Å². The number of fused-ring (bicyclic) bond motifs is 1. The van der Waals surface area contributed by atoms with Crippen molar-refractivity contribution in [3.8, 4) is 0 Å². The van der Waals surface area contributed by atoms with Crippen molar-refractivity contribution >= 4 is 54.9 Å². The van der Waals surface area contributed by atoms with Crippen LogP contribution in [0, 0.1) is 10.1 Å². The van der Waals surface area contributed by atoms with Crippen molar-refractivity contribution in [2.24, 2.45) is 0 Å². The Kier molecular flexibility index (Phi) is 3.68. The van der Waals surface area contributed by atoms with Crippen LogP contribution in [0.4, 0.5) is 5.69 Å². The quantitative estimate of drug-likeness (QED) is 0.502. The van der Waals surface area contributed by atoms with Crippen molar-refractivity contribution in [2.75, 3.05) is 0 Å². The number of nitro groups is 1. The lowest BCUT2D eigenvalue weighted by Crippen LogP contribution is -1.93. The molecule has 20 heavy (non-hydrogen) atoms. The number of hydrogen-bond donors (Lipinski definition) is 0. The molecule has 3 rings (SSSR count). The van der Waals surface area contributed by atoms with Gasteiger partial charge in [0.2, 0.25) is 0 Å². The molecule has 8 heteroatoms. The molecule has 5 nitrogen and oxygen atoms in total. The lowest BCUT2D eigenvalue weighted by Gasteiger charge is -1.99. The maximum absolute atomic E-state index is 11.1. The molecule has 3 aromatic rings. The van der Waals surface area contributed by atoms with Crippen LogP contribution in [-0.2, 0) is 0 Å². The molecule has 0 N–H and O–H groups in total. The predicted octanol–water partition coefficient (Wildman–Crippen LogP) is 4.51. The first-order valence-corrected chi connectivity index (χ1v) is 7.89. The van der Waals surface area contributed by atoms with Gasteiger partial charge in [0.15, 0.2) is 9.37 Å². The van der Waals surface area contributed by atoms with Gasteiger partial charge in [0.1, 0.15) is 0 Å². The van der Waals surface area contributed by atoms with E-state index >= 15 is 0 Å². The molecule has 0 bridgehead atoms. The average Bonchev–Trinajstić information content (AvgIpc) is 2.82. The van der Waals surface area contributed by atoms with Crippen LogP contribution in [0.1, 0.15) is 0 Å². The highest BCUT2D eigenvalue weighted by atomic mass is 79.9. The Hall–Kier alpha value is -1.51. The van der Waals surface area contributed by atoms with Gasteiger partial charge in [-0.1, -0.05) is 12.1 Å². The first kappa shape index (κ1) is 13.5. The van der Waals surface area contributed by atoms with E-state index in [0.717, 1.165) is 14.6 Å². The molecule has 0 aliphatic heterocycles. The molecular weight excluding hydrogens is 362 g/mol. The Morgan fingerprint density at radius 1 is 1.35 bits per heavy atom. The van der Waals surface area contributed by atoms with Gasteiger partial charge in [-0.2, -0.15) is 0 Å². The molecule has 0 saturated carbocycles. The van der Waals surface area contributed by atoms with Crippen molar-refractivity contribution in [2.45, 2.75) is 9.37 Å². The maximum Gasteiger partial charge on any atom is 0.302 e. The lowest BCUT2D eigenvalue weighted by atomic mass is 10.3. The summed E-state index contributed by atoms with van der Waals surface area (Å²) < 4.78 is 2.37. The second kappa shape index (κ2) is 5.47. The van der Waals surface area contributed by atoms with Crippen molar-refractivity contribution < 1.29 is 4.92 Å². The number of hydrogen-bond acceptors (Lipinski definition) is 6. The number of aromatic nitrogens is 2. The Bertz CT molecular complexity index is 773. The first-order chi connectivity index (χ1) is 9.63. The standard InChI is InChI=1S/C12H6BrN3O2S2/c13-7-5-9(16(17)18)11(14-6-7)20-12-15-8-3-1-2-4-10(8)19-12/h1-6H. The topological polar surface area (TPSA) is 68.9 Å². The Labute approximate surface area is 130 Å². The van der Waals surface area contributed by atoms with Crippen LogP contribution in [0.15, 0.2) is 50.4 Å². The summed E-state index contributed by atoms with van der Waals surface area (Å²) in [5.74, 6) is 0. The van der Waals surface area contributed by atoms with Crippen molar-refractivity contribution in [1.29, 1.82) is 0 Å². The maximum atomic E-state index is 11.1. The molecule has 100 valence electrons. The SMILES string of the molecule is O=[N+]([O-])c1cc(Br)cnc1Sc1nc2ccccc2s1. The van der Waals surface area contributed by atoms with Gasteiger partial charge in [-0.15, -0.1) is 11.3 Å². The Morgan fingerprint density at radius 2 is 2.15 bits per heavy atom. The first-order valence-electron chi connectivity index (χ1n) is 5.47. The number of nitrogens with zero attached hydrogens (tertiary/aromatic N) is 3. The van der Waals surface area contributed by atoms with E-state index in [9.17, 15) is 10.1 Å². The number of benzene rings is 1. The summed E-state index contributed by atoms with van der Waals surface area (Å²) in [4.78, 5) is 19.2. The van der Waals surface area contributed by atoms with E-state index in [1.165, 1.54) is 29.2 Å². The molecule has 0 atom stereocenters. The minimum Gasteiger partial charge on any atom is -0.258 e. The third kappa shape index (κ3) is 2.67.